The van der Waals surface area contributed by atoms with E-state index in [1.54, 1.807) is 25.1 Å². The number of hydrogen-bond donors (Lipinski definition) is 1. The molecule has 166 valence electrons. The lowest BCUT2D eigenvalue weighted by molar-refractivity contribution is -0.117. The molecule has 2 aromatic heterocycles. The fourth-order valence-electron chi connectivity index (χ4n) is 3.08. The summed E-state index contributed by atoms with van der Waals surface area (Å²) in [6, 6.07) is 7.88. The summed E-state index contributed by atoms with van der Waals surface area (Å²) in [4.78, 5) is 43.1. The molecule has 0 aliphatic carbocycles. The number of nitrogens with zero attached hydrogens (tertiary/aromatic N) is 4. The van der Waals surface area contributed by atoms with Crippen LogP contribution in [0.4, 0.5) is 5.69 Å². The molecule has 0 unspecified atom stereocenters. The second kappa shape index (κ2) is 9.81. The Morgan fingerprint density at radius 1 is 1.22 bits per heavy atom. The molecule has 8 nitrogen and oxygen atoms in total. The zero-order valence-corrected chi connectivity index (χ0v) is 20.4. The number of rotatable bonds is 6. The van der Waals surface area contributed by atoms with Crippen LogP contribution in [-0.4, -0.2) is 50.9 Å². The number of halogens is 3. The van der Waals surface area contributed by atoms with Crippen LogP contribution in [-0.2, 0) is 4.79 Å². The largest absolute Gasteiger partial charge is 0.334 e. The quantitative estimate of drug-likeness (QED) is 0.496. The average Bonchev–Trinajstić information content (AvgIpc) is 3.10. The predicted octanol–water partition coefficient (Wildman–Crippen LogP) is 4.56. The fraction of sp³-hybridized carbons (Fsp3) is 0.190. The van der Waals surface area contributed by atoms with Crippen molar-refractivity contribution in [1.82, 2.24) is 19.7 Å². The summed E-state index contributed by atoms with van der Waals surface area (Å²) < 4.78 is 1.70. The number of Topliss-reactive ketones (excluding diaryl/α,β-unsaturated/α-hetero) is 1. The van der Waals surface area contributed by atoms with Crippen LogP contribution in [0.25, 0.3) is 5.82 Å². The molecule has 2 heterocycles. The van der Waals surface area contributed by atoms with Crippen molar-refractivity contribution in [3.8, 4) is 5.82 Å². The number of aromatic nitrogens is 3. The van der Waals surface area contributed by atoms with E-state index in [1.807, 2.05) is 0 Å². The molecule has 11 heteroatoms. The van der Waals surface area contributed by atoms with E-state index < -0.39 is 11.8 Å². The number of hydrogen-bond acceptors (Lipinski definition) is 5. The van der Waals surface area contributed by atoms with Gasteiger partial charge in [-0.15, -0.1) is 0 Å². The van der Waals surface area contributed by atoms with E-state index in [9.17, 15) is 14.4 Å². The van der Waals surface area contributed by atoms with Gasteiger partial charge in [0.25, 0.3) is 11.8 Å². The lowest BCUT2D eigenvalue weighted by Crippen LogP contribution is -2.32. The number of aryl methyl sites for hydroxylation is 1. The predicted molar refractivity (Wildman–Crippen MR) is 126 cm³/mol. The summed E-state index contributed by atoms with van der Waals surface area (Å²) in [5.41, 5.74) is 1.15. The number of anilines is 1. The molecule has 32 heavy (non-hydrogen) atoms. The summed E-state index contributed by atoms with van der Waals surface area (Å²) in [5.74, 6) is -0.899. The van der Waals surface area contributed by atoms with Gasteiger partial charge in [-0.1, -0.05) is 23.2 Å². The molecular formula is C21H18BrCl2N5O3. The molecule has 0 fully saturated rings. The highest BCUT2D eigenvalue weighted by Crippen LogP contribution is 2.28. The molecule has 3 rings (SSSR count). The van der Waals surface area contributed by atoms with Gasteiger partial charge in [0.1, 0.15) is 16.1 Å². The molecule has 0 spiro atoms. The summed E-state index contributed by atoms with van der Waals surface area (Å²) in [5, 5.41) is 7.66. The molecule has 0 bridgehead atoms. The topological polar surface area (TPSA) is 97.2 Å². The Kier molecular flexibility index (Phi) is 7.33. The van der Waals surface area contributed by atoms with Crippen molar-refractivity contribution in [2.45, 2.75) is 13.8 Å². The molecule has 2 amide bonds. The second-order valence-electron chi connectivity index (χ2n) is 7.04. The van der Waals surface area contributed by atoms with E-state index >= 15 is 0 Å². The van der Waals surface area contributed by atoms with Gasteiger partial charge in [0.05, 0.1) is 22.8 Å². The average molecular weight is 539 g/mol. The van der Waals surface area contributed by atoms with E-state index in [4.69, 9.17) is 23.2 Å². The Bertz CT molecular complexity index is 1230. The molecule has 0 atom stereocenters. The Hall–Kier alpha value is -2.75. The van der Waals surface area contributed by atoms with Gasteiger partial charge in [-0.3, -0.25) is 14.4 Å². The van der Waals surface area contributed by atoms with Crippen molar-refractivity contribution in [2.24, 2.45) is 0 Å². The Morgan fingerprint density at radius 3 is 2.59 bits per heavy atom. The SMILES string of the molecule is CC(=O)CN(C)C(=O)c1cc(Cl)cc(C)c1NC(=O)c1cc(Br)nn1-c1ncccc1Cl. The van der Waals surface area contributed by atoms with Crippen molar-refractivity contribution < 1.29 is 14.4 Å². The molecule has 1 aromatic carbocycles. The maximum Gasteiger partial charge on any atom is 0.274 e. The number of carbonyl (C=O) groups excluding carboxylic acids is 3. The van der Waals surface area contributed by atoms with E-state index in [-0.39, 0.29) is 35.1 Å². The van der Waals surface area contributed by atoms with Gasteiger partial charge in [-0.05, 0) is 59.6 Å². The number of carbonyl (C=O) groups is 3. The highest BCUT2D eigenvalue weighted by molar-refractivity contribution is 9.10. The molecule has 0 radical (unpaired) electrons. The summed E-state index contributed by atoms with van der Waals surface area (Å²) in [6.07, 6.45) is 1.53. The molecule has 1 N–H and O–H groups in total. The van der Waals surface area contributed by atoms with E-state index in [0.29, 0.717) is 20.2 Å². The third-order valence-electron chi connectivity index (χ3n) is 4.43. The zero-order valence-electron chi connectivity index (χ0n) is 17.3. The third kappa shape index (κ3) is 5.17. The normalized spacial score (nSPS) is 10.7. The molecule has 0 aliphatic rings. The van der Waals surface area contributed by atoms with Crippen molar-refractivity contribution in [1.29, 1.82) is 0 Å². The lowest BCUT2D eigenvalue weighted by Gasteiger charge is -2.20. The van der Waals surface area contributed by atoms with Crippen LogP contribution in [0, 0.1) is 6.92 Å². The fourth-order valence-corrected chi connectivity index (χ4v) is 3.93. The van der Waals surface area contributed by atoms with Crippen LogP contribution in [0.15, 0.2) is 41.1 Å². The van der Waals surface area contributed by atoms with E-state index in [1.165, 1.54) is 41.9 Å². The van der Waals surface area contributed by atoms with Gasteiger partial charge in [-0.25, -0.2) is 9.67 Å². The molecular weight excluding hydrogens is 521 g/mol. The third-order valence-corrected chi connectivity index (χ3v) is 5.33. The van der Waals surface area contributed by atoms with Gasteiger partial charge in [0.15, 0.2) is 5.82 Å². The number of benzene rings is 1. The number of likely N-dealkylation sites (N-methyl/N-ethyl adjacent to an activating group) is 1. The number of nitrogens with one attached hydrogen (secondary N) is 1. The first-order valence-electron chi connectivity index (χ1n) is 9.31. The lowest BCUT2D eigenvalue weighted by atomic mass is 10.1. The van der Waals surface area contributed by atoms with E-state index in [0.717, 1.165) is 0 Å². The van der Waals surface area contributed by atoms with Gasteiger partial charge < -0.3 is 10.2 Å². The van der Waals surface area contributed by atoms with Crippen LogP contribution >= 0.6 is 39.1 Å². The van der Waals surface area contributed by atoms with Gasteiger partial charge in [0.2, 0.25) is 0 Å². The van der Waals surface area contributed by atoms with Crippen LogP contribution in [0.2, 0.25) is 10.0 Å². The van der Waals surface area contributed by atoms with Crippen LogP contribution in [0.3, 0.4) is 0 Å². The second-order valence-corrected chi connectivity index (χ2v) is 8.69. The van der Waals surface area contributed by atoms with Gasteiger partial charge >= 0.3 is 0 Å². The number of amides is 2. The minimum absolute atomic E-state index is 0.0737. The minimum atomic E-state index is -0.543. The van der Waals surface area contributed by atoms with Crippen molar-refractivity contribution >= 4 is 62.4 Å². The highest BCUT2D eigenvalue weighted by Gasteiger charge is 2.24. The van der Waals surface area contributed by atoms with Gasteiger partial charge in [-0.2, -0.15) is 5.10 Å². The molecule has 0 aliphatic heterocycles. The van der Waals surface area contributed by atoms with Crippen molar-refractivity contribution in [3.05, 3.63) is 68.0 Å². The Morgan fingerprint density at radius 2 is 1.94 bits per heavy atom. The van der Waals surface area contributed by atoms with E-state index in [2.05, 4.69) is 31.3 Å². The minimum Gasteiger partial charge on any atom is -0.334 e. The first kappa shape index (κ1) is 23.9. The summed E-state index contributed by atoms with van der Waals surface area (Å²) in [7, 11) is 1.50. The zero-order chi connectivity index (χ0) is 23.6. The van der Waals surface area contributed by atoms with Crippen LogP contribution in [0.1, 0.15) is 33.3 Å². The van der Waals surface area contributed by atoms with Gasteiger partial charge in [0, 0.05) is 24.3 Å². The molecule has 0 saturated carbocycles. The maximum atomic E-state index is 13.2. The monoisotopic (exact) mass is 537 g/mol. The first-order chi connectivity index (χ1) is 15.1. The Balaban J connectivity index is 2.02. The first-order valence-corrected chi connectivity index (χ1v) is 10.9. The highest BCUT2D eigenvalue weighted by atomic mass is 79.9. The van der Waals surface area contributed by atoms with Crippen LogP contribution in [0.5, 0.6) is 0 Å². The Labute approximate surface area is 202 Å². The summed E-state index contributed by atoms with van der Waals surface area (Å²) in [6.45, 7) is 3.03. The molecule has 3 aromatic rings. The summed E-state index contributed by atoms with van der Waals surface area (Å²) >= 11 is 15.7. The smallest absolute Gasteiger partial charge is 0.274 e. The molecule has 0 saturated heterocycles. The standard InChI is InChI=1S/C21H18BrCl2N5O3/c1-11-7-13(23)8-14(21(32)28(3)10-12(2)30)18(11)26-20(31)16-9-17(22)27-29(16)19-15(24)5-4-6-25-19/h4-9H,10H2,1-3H3,(H,26,31). The van der Waals surface area contributed by atoms with Crippen molar-refractivity contribution in [3.63, 3.8) is 0 Å². The number of pyridine rings is 1. The maximum absolute atomic E-state index is 13.2. The number of ketones is 1. The van der Waals surface area contributed by atoms with Crippen molar-refractivity contribution in [2.75, 3.05) is 18.9 Å². The van der Waals surface area contributed by atoms with Crippen LogP contribution < -0.4 is 5.32 Å².